The van der Waals surface area contributed by atoms with Crippen molar-refractivity contribution in [1.82, 2.24) is 10.2 Å². The third kappa shape index (κ3) is 7.26. The normalized spacial score (nSPS) is 15.6. The molecule has 2 aromatic carbocycles. The molecule has 0 aromatic heterocycles. The van der Waals surface area contributed by atoms with Crippen LogP contribution in [0.1, 0.15) is 24.1 Å². The van der Waals surface area contributed by atoms with Gasteiger partial charge in [0, 0.05) is 26.2 Å². The van der Waals surface area contributed by atoms with E-state index in [1.165, 1.54) is 12.1 Å². The fraction of sp³-hybridized carbons (Fsp3) is 0.400. The number of alkyl halides is 3. The van der Waals surface area contributed by atoms with Gasteiger partial charge in [-0.1, -0.05) is 24.3 Å². The van der Waals surface area contributed by atoms with Crippen LogP contribution in [0.3, 0.4) is 0 Å². The molecule has 1 aliphatic rings. The molecule has 1 heterocycles. The standard InChI is InChI=1S/C20H23F3N2O2.2ClH/c1-2-26-17-7-3-15(4-8-17)19(25-13-11-24-12-14-25)16-5-9-18(10-6-16)27-20(21,22)23;;/h3-10,19,24H,2,11-14H2,1H3;2*1H/t19-;;/m0../s1. The van der Waals surface area contributed by atoms with Crippen LogP contribution < -0.4 is 14.8 Å². The lowest BCUT2D eigenvalue weighted by molar-refractivity contribution is -0.274. The van der Waals surface area contributed by atoms with Crippen molar-refractivity contribution >= 4 is 24.8 Å². The van der Waals surface area contributed by atoms with E-state index in [-0.39, 0.29) is 36.6 Å². The highest BCUT2D eigenvalue weighted by Crippen LogP contribution is 2.32. The van der Waals surface area contributed by atoms with Crippen LogP contribution in [-0.2, 0) is 0 Å². The lowest BCUT2D eigenvalue weighted by Crippen LogP contribution is -2.45. The van der Waals surface area contributed by atoms with Gasteiger partial charge in [-0.15, -0.1) is 38.0 Å². The van der Waals surface area contributed by atoms with Gasteiger partial charge in [0.15, 0.2) is 0 Å². The Morgan fingerprint density at radius 1 is 0.897 bits per heavy atom. The molecule has 2 aromatic rings. The van der Waals surface area contributed by atoms with Crippen molar-refractivity contribution in [3.8, 4) is 11.5 Å². The second-order valence-corrected chi connectivity index (χ2v) is 6.31. The van der Waals surface area contributed by atoms with Crippen molar-refractivity contribution in [1.29, 1.82) is 0 Å². The van der Waals surface area contributed by atoms with E-state index >= 15 is 0 Å². The molecule has 1 aliphatic heterocycles. The van der Waals surface area contributed by atoms with Crippen molar-refractivity contribution in [3.05, 3.63) is 59.7 Å². The zero-order chi connectivity index (χ0) is 19.3. The molecule has 4 nitrogen and oxygen atoms in total. The number of hydrogen-bond donors (Lipinski definition) is 1. The fourth-order valence-electron chi connectivity index (χ4n) is 3.32. The lowest BCUT2D eigenvalue weighted by Gasteiger charge is -2.35. The first kappa shape index (κ1) is 25.4. The van der Waals surface area contributed by atoms with E-state index in [4.69, 9.17) is 4.74 Å². The first-order valence-corrected chi connectivity index (χ1v) is 8.99. The lowest BCUT2D eigenvalue weighted by atomic mass is 9.96. The van der Waals surface area contributed by atoms with Gasteiger partial charge in [0.05, 0.1) is 12.6 Å². The van der Waals surface area contributed by atoms with Gasteiger partial charge in [0.1, 0.15) is 11.5 Å². The summed E-state index contributed by atoms with van der Waals surface area (Å²) in [6.07, 6.45) is -4.69. The summed E-state index contributed by atoms with van der Waals surface area (Å²) in [4.78, 5) is 2.33. The second-order valence-electron chi connectivity index (χ2n) is 6.31. The zero-order valence-corrected chi connectivity index (χ0v) is 17.6. The number of nitrogens with zero attached hydrogens (tertiary/aromatic N) is 1. The molecule has 1 fully saturated rings. The molecule has 0 spiro atoms. The Morgan fingerprint density at radius 3 is 1.83 bits per heavy atom. The summed E-state index contributed by atoms with van der Waals surface area (Å²) in [5.41, 5.74) is 2.00. The third-order valence-electron chi connectivity index (χ3n) is 4.45. The van der Waals surface area contributed by atoms with Crippen LogP contribution in [-0.4, -0.2) is 44.0 Å². The molecule has 1 atom stereocenters. The fourth-order valence-corrected chi connectivity index (χ4v) is 3.32. The second kappa shape index (κ2) is 11.5. The maximum atomic E-state index is 12.4. The summed E-state index contributed by atoms with van der Waals surface area (Å²) in [7, 11) is 0. The van der Waals surface area contributed by atoms with E-state index in [0.29, 0.717) is 6.61 Å². The highest BCUT2D eigenvalue weighted by atomic mass is 35.5. The largest absolute Gasteiger partial charge is 0.573 e. The number of ether oxygens (including phenoxy) is 2. The number of nitrogens with one attached hydrogen (secondary N) is 1. The first-order chi connectivity index (χ1) is 13.0. The van der Waals surface area contributed by atoms with Crippen molar-refractivity contribution in [2.75, 3.05) is 32.8 Å². The van der Waals surface area contributed by atoms with Gasteiger partial charge in [0.2, 0.25) is 0 Å². The summed E-state index contributed by atoms with van der Waals surface area (Å²) in [5.74, 6) is 0.589. The van der Waals surface area contributed by atoms with Gasteiger partial charge in [0.25, 0.3) is 0 Å². The molecule has 0 saturated carbocycles. The molecule has 9 heteroatoms. The molecule has 0 radical (unpaired) electrons. The summed E-state index contributed by atoms with van der Waals surface area (Å²) in [6.45, 7) is 6.01. The molecule has 3 rings (SSSR count). The monoisotopic (exact) mass is 452 g/mol. The van der Waals surface area contributed by atoms with E-state index in [9.17, 15) is 13.2 Å². The highest BCUT2D eigenvalue weighted by molar-refractivity contribution is 5.85. The van der Waals surface area contributed by atoms with Crippen LogP contribution in [0.5, 0.6) is 11.5 Å². The molecular formula is C20H25Cl2F3N2O2. The predicted molar refractivity (Wildman–Crippen MR) is 112 cm³/mol. The number of halogens is 5. The Morgan fingerprint density at radius 2 is 1.38 bits per heavy atom. The Labute approximate surface area is 181 Å². The van der Waals surface area contributed by atoms with Gasteiger partial charge in [-0.25, -0.2) is 0 Å². The van der Waals surface area contributed by atoms with Crippen molar-refractivity contribution in [3.63, 3.8) is 0 Å². The number of hydrogen-bond acceptors (Lipinski definition) is 4. The SMILES string of the molecule is CCOc1ccc([C@@H](c2ccc(OC(F)(F)F)cc2)N2CCNCC2)cc1.Cl.Cl. The number of piperazine rings is 1. The molecule has 0 aliphatic carbocycles. The molecule has 1 N–H and O–H groups in total. The average Bonchev–Trinajstić information content (AvgIpc) is 2.65. The molecule has 162 valence electrons. The topological polar surface area (TPSA) is 33.7 Å². The van der Waals surface area contributed by atoms with Crippen LogP contribution in [0.25, 0.3) is 0 Å². The van der Waals surface area contributed by atoms with E-state index in [0.717, 1.165) is 43.1 Å². The van der Waals surface area contributed by atoms with Crippen LogP contribution in [0.15, 0.2) is 48.5 Å². The maximum Gasteiger partial charge on any atom is 0.573 e. The number of benzene rings is 2. The van der Waals surface area contributed by atoms with Gasteiger partial charge in [-0.2, -0.15) is 0 Å². The maximum absolute atomic E-state index is 12.4. The van der Waals surface area contributed by atoms with Crippen LogP contribution >= 0.6 is 24.8 Å². The van der Waals surface area contributed by atoms with Gasteiger partial charge in [-0.3, -0.25) is 4.90 Å². The molecule has 0 bridgehead atoms. The van der Waals surface area contributed by atoms with Crippen LogP contribution in [0, 0.1) is 0 Å². The van der Waals surface area contributed by atoms with Crippen LogP contribution in [0.2, 0.25) is 0 Å². The quantitative estimate of drug-likeness (QED) is 0.680. The average molecular weight is 453 g/mol. The summed E-state index contributed by atoms with van der Waals surface area (Å²) in [6, 6.07) is 14.0. The van der Waals surface area contributed by atoms with Crippen molar-refractivity contribution in [2.45, 2.75) is 19.3 Å². The Bertz CT molecular complexity index is 722. The summed E-state index contributed by atoms with van der Waals surface area (Å²) in [5, 5.41) is 3.33. The summed E-state index contributed by atoms with van der Waals surface area (Å²) >= 11 is 0. The molecular weight excluding hydrogens is 428 g/mol. The minimum absolute atomic E-state index is 0. The highest BCUT2D eigenvalue weighted by Gasteiger charge is 2.31. The molecule has 0 unspecified atom stereocenters. The van der Waals surface area contributed by atoms with E-state index in [2.05, 4.69) is 15.0 Å². The molecule has 29 heavy (non-hydrogen) atoms. The van der Waals surface area contributed by atoms with Gasteiger partial charge < -0.3 is 14.8 Å². The number of rotatable bonds is 6. The Balaban J connectivity index is 0.00000210. The molecule has 0 amide bonds. The van der Waals surface area contributed by atoms with Crippen molar-refractivity contribution in [2.24, 2.45) is 0 Å². The smallest absolute Gasteiger partial charge is 0.494 e. The minimum Gasteiger partial charge on any atom is -0.494 e. The van der Waals surface area contributed by atoms with Gasteiger partial charge in [-0.05, 0) is 42.3 Å². The first-order valence-electron chi connectivity index (χ1n) is 8.99. The Kier molecular flexibility index (Phi) is 10.1. The summed E-state index contributed by atoms with van der Waals surface area (Å²) < 4.78 is 46.7. The van der Waals surface area contributed by atoms with E-state index in [1.807, 2.05) is 31.2 Å². The molecule has 1 saturated heterocycles. The third-order valence-corrected chi connectivity index (χ3v) is 4.45. The minimum atomic E-state index is -4.69. The Hall–Kier alpha value is -1.67. The zero-order valence-electron chi connectivity index (χ0n) is 15.9. The predicted octanol–water partition coefficient (Wildman–Crippen LogP) is 4.82. The van der Waals surface area contributed by atoms with Gasteiger partial charge >= 0.3 is 6.36 Å². The van der Waals surface area contributed by atoms with E-state index < -0.39 is 6.36 Å². The van der Waals surface area contributed by atoms with Crippen LogP contribution in [0.4, 0.5) is 13.2 Å². The van der Waals surface area contributed by atoms with Crippen molar-refractivity contribution < 1.29 is 22.6 Å². The van der Waals surface area contributed by atoms with E-state index in [1.54, 1.807) is 12.1 Å².